The van der Waals surface area contributed by atoms with Gasteiger partial charge in [-0.2, -0.15) is 5.10 Å². The molecule has 10 heteroatoms. The number of nitrogens with one attached hydrogen (secondary N) is 1. The smallest absolute Gasteiger partial charge is 0.265 e. The summed E-state index contributed by atoms with van der Waals surface area (Å²) < 4.78 is 7.63. The van der Waals surface area contributed by atoms with Gasteiger partial charge in [0.1, 0.15) is 4.88 Å². The van der Waals surface area contributed by atoms with E-state index in [0.717, 1.165) is 33.1 Å². The van der Waals surface area contributed by atoms with E-state index in [-0.39, 0.29) is 17.4 Å². The minimum atomic E-state index is -0.177. The molecule has 186 valence electrons. The van der Waals surface area contributed by atoms with E-state index in [2.05, 4.69) is 58.3 Å². The molecule has 4 heterocycles. The molecular formula is C26H29N7O2S. The zero-order valence-corrected chi connectivity index (χ0v) is 21.8. The second-order valence-electron chi connectivity index (χ2n) is 9.93. The number of thiazole rings is 1. The fourth-order valence-corrected chi connectivity index (χ4v) is 5.09. The van der Waals surface area contributed by atoms with E-state index in [1.807, 2.05) is 32.4 Å². The number of nitrogens with zero attached hydrogens (tertiary/aromatic N) is 6. The molecule has 1 aliphatic heterocycles. The van der Waals surface area contributed by atoms with E-state index in [4.69, 9.17) is 4.74 Å². The van der Waals surface area contributed by atoms with Crippen molar-refractivity contribution in [1.29, 1.82) is 0 Å². The molecule has 1 aliphatic rings. The Hall–Kier alpha value is -3.63. The predicted molar refractivity (Wildman–Crippen MR) is 139 cm³/mol. The quantitative estimate of drug-likeness (QED) is 0.421. The molecule has 9 nitrogen and oxygen atoms in total. The lowest BCUT2D eigenvalue weighted by Gasteiger charge is -2.33. The van der Waals surface area contributed by atoms with Gasteiger partial charge in [-0.25, -0.2) is 15.0 Å². The monoisotopic (exact) mass is 503 g/mol. The minimum Gasteiger partial charge on any atom is -0.374 e. The van der Waals surface area contributed by atoms with E-state index in [9.17, 15) is 4.79 Å². The van der Waals surface area contributed by atoms with Crippen LogP contribution in [0, 0.1) is 0 Å². The van der Waals surface area contributed by atoms with Crippen LogP contribution >= 0.6 is 11.3 Å². The average Bonchev–Trinajstić information content (AvgIpc) is 3.52. The van der Waals surface area contributed by atoms with Crippen LogP contribution in [-0.2, 0) is 23.8 Å². The second-order valence-corrected chi connectivity index (χ2v) is 11.0. The summed E-state index contributed by atoms with van der Waals surface area (Å²) in [7, 11) is 3.69. The van der Waals surface area contributed by atoms with Gasteiger partial charge in [0.05, 0.1) is 48.0 Å². The predicted octanol–water partition coefficient (Wildman–Crippen LogP) is 4.72. The number of amides is 1. The van der Waals surface area contributed by atoms with Gasteiger partial charge >= 0.3 is 0 Å². The summed E-state index contributed by atoms with van der Waals surface area (Å²) in [5, 5.41) is 8.29. The lowest BCUT2D eigenvalue weighted by Crippen LogP contribution is -2.36. The van der Waals surface area contributed by atoms with Crippen molar-refractivity contribution in [1.82, 2.24) is 29.6 Å². The van der Waals surface area contributed by atoms with Crippen molar-refractivity contribution < 1.29 is 9.53 Å². The number of aryl methyl sites for hydroxylation is 1. The van der Waals surface area contributed by atoms with Gasteiger partial charge in [0.25, 0.3) is 5.91 Å². The number of anilines is 2. The molecule has 1 aromatic carbocycles. The summed E-state index contributed by atoms with van der Waals surface area (Å²) in [5.74, 6) is 0.451. The molecule has 0 aliphatic carbocycles. The van der Waals surface area contributed by atoms with Crippen molar-refractivity contribution in [2.75, 3.05) is 19.0 Å². The molecular weight excluding hydrogens is 474 g/mol. The number of rotatable bonds is 5. The molecule has 0 spiro atoms. The fourth-order valence-electron chi connectivity index (χ4n) is 4.14. The van der Waals surface area contributed by atoms with Crippen LogP contribution in [0.1, 0.15) is 52.6 Å². The molecule has 1 amide bonds. The number of hydrogen-bond acceptors (Lipinski definition) is 8. The minimum absolute atomic E-state index is 0.0459. The maximum Gasteiger partial charge on any atom is 0.265 e. The number of fused-ring (bicyclic) bond motifs is 1. The molecule has 0 bridgehead atoms. The highest BCUT2D eigenvalue weighted by Gasteiger charge is 2.30. The number of benzene rings is 1. The van der Waals surface area contributed by atoms with Gasteiger partial charge in [0, 0.05) is 37.5 Å². The Kier molecular flexibility index (Phi) is 6.31. The summed E-state index contributed by atoms with van der Waals surface area (Å²) in [6.07, 6.45) is 7.00. The van der Waals surface area contributed by atoms with Gasteiger partial charge in [0.15, 0.2) is 0 Å². The Balaban J connectivity index is 1.37. The Bertz CT molecular complexity index is 1410. The molecule has 1 unspecified atom stereocenters. The fraction of sp³-hybridized carbons (Fsp3) is 0.346. The first-order chi connectivity index (χ1) is 17.2. The second kappa shape index (κ2) is 9.44. The van der Waals surface area contributed by atoms with Crippen LogP contribution in [0.15, 0.2) is 49.1 Å². The normalized spacial score (nSPS) is 15.4. The van der Waals surface area contributed by atoms with E-state index >= 15 is 0 Å². The van der Waals surface area contributed by atoms with Crippen LogP contribution in [0.4, 0.5) is 11.6 Å². The molecule has 1 N–H and O–H groups in total. The van der Waals surface area contributed by atoms with Crippen molar-refractivity contribution in [3.63, 3.8) is 0 Å². The van der Waals surface area contributed by atoms with E-state index in [1.54, 1.807) is 28.2 Å². The van der Waals surface area contributed by atoms with Gasteiger partial charge in [-0.15, -0.1) is 11.3 Å². The molecule has 0 saturated carbocycles. The zero-order chi connectivity index (χ0) is 25.4. The molecule has 0 fully saturated rings. The van der Waals surface area contributed by atoms with Crippen molar-refractivity contribution in [2.45, 2.75) is 38.8 Å². The molecule has 0 saturated heterocycles. The van der Waals surface area contributed by atoms with Crippen LogP contribution in [0.3, 0.4) is 0 Å². The largest absolute Gasteiger partial charge is 0.374 e. The van der Waals surface area contributed by atoms with E-state index in [0.29, 0.717) is 24.0 Å². The summed E-state index contributed by atoms with van der Waals surface area (Å²) in [6.45, 7) is 7.24. The SMILES string of the molecule is CN(C(=O)c1cnc(C(C)(C)C)s1)C1COCc2cc(-c3ccnc(Nc4cnn(C)c4)n3)ccc21. The highest BCUT2D eigenvalue weighted by atomic mass is 32.1. The number of carbonyl (C=O) groups is 1. The van der Waals surface area contributed by atoms with E-state index in [1.165, 1.54) is 11.3 Å². The van der Waals surface area contributed by atoms with Gasteiger partial charge in [-0.3, -0.25) is 9.48 Å². The average molecular weight is 504 g/mol. The third-order valence-corrected chi connectivity index (χ3v) is 7.50. The van der Waals surface area contributed by atoms with Crippen LogP contribution < -0.4 is 5.32 Å². The maximum atomic E-state index is 13.3. The summed E-state index contributed by atoms with van der Waals surface area (Å²) in [6, 6.07) is 7.90. The Labute approximate surface area is 214 Å². The number of ether oxygens (including phenoxy) is 1. The molecule has 36 heavy (non-hydrogen) atoms. The summed E-state index contributed by atoms with van der Waals surface area (Å²) >= 11 is 1.46. The van der Waals surface area contributed by atoms with Crippen LogP contribution in [-0.4, -0.2) is 49.2 Å². The van der Waals surface area contributed by atoms with Gasteiger partial charge in [-0.05, 0) is 23.3 Å². The number of hydrogen-bond donors (Lipinski definition) is 1. The molecule has 1 atom stereocenters. The van der Waals surface area contributed by atoms with Crippen molar-refractivity contribution in [3.05, 3.63) is 70.1 Å². The van der Waals surface area contributed by atoms with Crippen molar-refractivity contribution in [3.8, 4) is 11.3 Å². The molecule has 5 rings (SSSR count). The summed E-state index contributed by atoms with van der Waals surface area (Å²) in [4.78, 5) is 29.2. The standard InChI is InChI=1S/C26H29N7O2S/c1-26(2,3)24-28-12-22(36-24)23(34)33(5)21-15-35-14-17-10-16(6-7-19(17)21)20-8-9-27-25(31-20)30-18-11-29-32(4)13-18/h6-13,21H,14-15H2,1-5H3,(H,27,30,31). The topological polar surface area (TPSA) is 98.1 Å². The van der Waals surface area contributed by atoms with E-state index < -0.39 is 0 Å². The van der Waals surface area contributed by atoms with Crippen LogP contribution in [0.2, 0.25) is 0 Å². The van der Waals surface area contributed by atoms with Crippen LogP contribution in [0.5, 0.6) is 0 Å². The van der Waals surface area contributed by atoms with Crippen LogP contribution in [0.25, 0.3) is 11.3 Å². The molecule has 3 aromatic heterocycles. The van der Waals surface area contributed by atoms with Gasteiger partial charge < -0.3 is 15.0 Å². The molecule has 4 aromatic rings. The highest BCUT2D eigenvalue weighted by Crippen LogP contribution is 2.34. The van der Waals surface area contributed by atoms with Crippen molar-refractivity contribution in [2.24, 2.45) is 7.05 Å². The lowest BCUT2D eigenvalue weighted by atomic mass is 9.95. The first-order valence-corrected chi connectivity index (χ1v) is 12.5. The first-order valence-electron chi connectivity index (χ1n) is 11.7. The van der Waals surface area contributed by atoms with Crippen molar-refractivity contribution >= 4 is 28.9 Å². The third kappa shape index (κ3) is 4.87. The first kappa shape index (κ1) is 24.1. The maximum absolute atomic E-state index is 13.3. The zero-order valence-electron chi connectivity index (χ0n) is 21.0. The number of aromatic nitrogens is 5. The molecule has 0 radical (unpaired) electrons. The van der Waals surface area contributed by atoms with Gasteiger partial charge in [0.2, 0.25) is 5.95 Å². The number of carbonyl (C=O) groups excluding carboxylic acids is 1. The van der Waals surface area contributed by atoms with Gasteiger partial charge in [-0.1, -0.05) is 32.9 Å². The number of likely N-dealkylation sites (N-methyl/N-ethyl adjacent to an activating group) is 1. The Morgan fingerprint density at radius 2 is 2.06 bits per heavy atom. The lowest BCUT2D eigenvalue weighted by molar-refractivity contribution is 0.0349. The third-order valence-electron chi connectivity index (χ3n) is 6.09. The Morgan fingerprint density at radius 3 is 2.78 bits per heavy atom. The highest BCUT2D eigenvalue weighted by molar-refractivity contribution is 7.13. The summed E-state index contributed by atoms with van der Waals surface area (Å²) in [5.41, 5.74) is 4.62. The Morgan fingerprint density at radius 1 is 1.22 bits per heavy atom.